The normalized spacial score (nSPS) is 22.8. The molecule has 0 saturated heterocycles. The number of hydrogen-bond donors (Lipinski definition) is 1. The Balaban J connectivity index is 2.61. The van der Waals surface area contributed by atoms with Crippen LogP contribution in [0.4, 0.5) is 0 Å². The summed E-state index contributed by atoms with van der Waals surface area (Å²) in [4.78, 5) is 0. The Morgan fingerprint density at radius 1 is 1.38 bits per heavy atom. The lowest BCUT2D eigenvalue weighted by atomic mass is 9.71. The monoisotopic (exact) mass is 185 g/mol. The first-order chi connectivity index (χ1) is 6.16. The number of methoxy groups -OCH3 is 1. The van der Waals surface area contributed by atoms with Gasteiger partial charge in [-0.15, -0.1) is 0 Å². The van der Waals surface area contributed by atoms with E-state index in [0.29, 0.717) is 12.0 Å². The fraction of sp³-hybridized carbons (Fsp3) is 1.00. The molecule has 1 aliphatic carbocycles. The van der Waals surface area contributed by atoms with Gasteiger partial charge in [0, 0.05) is 13.2 Å². The molecule has 0 aliphatic heterocycles. The van der Waals surface area contributed by atoms with E-state index in [0.717, 1.165) is 6.54 Å². The third-order valence-electron chi connectivity index (χ3n) is 3.26. The summed E-state index contributed by atoms with van der Waals surface area (Å²) in [5, 5.41) is 3.55. The lowest BCUT2D eigenvalue weighted by Gasteiger charge is -2.48. The van der Waals surface area contributed by atoms with E-state index in [1.807, 2.05) is 7.11 Å². The molecule has 0 aromatic carbocycles. The maximum atomic E-state index is 5.69. The second-order valence-electron chi connectivity index (χ2n) is 4.40. The number of rotatable bonds is 5. The topological polar surface area (TPSA) is 21.3 Å². The highest BCUT2D eigenvalue weighted by atomic mass is 16.5. The molecule has 1 unspecified atom stereocenters. The van der Waals surface area contributed by atoms with Crippen LogP contribution in [0.25, 0.3) is 0 Å². The predicted molar refractivity (Wildman–Crippen MR) is 55.9 cm³/mol. The summed E-state index contributed by atoms with van der Waals surface area (Å²) >= 11 is 0. The van der Waals surface area contributed by atoms with Crippen LogP contribution in [0.2, 0.25) is 0 Å². The van der Waals surface area contributed by atoms with Crippen molar-refractivity contribution >= 4 is 0 Å². The Hall–Kier alpha value is -0.0800. The number of nitrogens with one attached hydrogen (secondary N) is 1. The molecule has 1 aliphatic rings. The average Bonchev–Trinajstić information content (AvgIpc) is 2.01. The minimum absolute atomic E-state index is 0.143. The molecule has 13 heavy (non-hydrogen) atoms. The molecule has 1 atom stereocenters. The highest BCUT2D eigenvalue weighted by molar-refractivity contribution is 5.00. The van der Waals surface area contributed by atoms with Gasteiger partial charge in [0.2, 0.25) is 0 Å². The molecular formula is C11H23NO. The van der Waals surface area contributed by atoms with Crippen molar-refractivity contribution in [2.45, 2.75) is 51.7 Å². The molecule has 1 fully saturated rings. The van der Waals surface area contributed by atoms with Crippen LogP contribution in [0.3, 0.4) is 0 Å². The maximum absolute atomic E-state index is 5.69. The SMILES string of the molecule is CCNC(C(C)C)C1(OC)CCC1. The van der Waals surface area contributed by atoms with Crippen molar-refractivity contribution in [3.05, 3.63) is 0 Å². The molecule has 2 heteroatoms. The molecular weight excluding hydrogens is 162 g/mol. The van der Waals surface area contributed by atoms with Crippen molar-refractivity contribution in [2.24, 2.45) is 5.92 Å². The maximum Gasteiger partial charge on any atom is 0.0833 e. The van der Waals surface area contributed by atoms with Crippen LogP contribution in [0.15, 0.2) is 0 Å². The smallest absolute Gasteiger partial charge is 0.0833 e. The molecule has 1 saturated carbocycles. The van der Waals surface area contributed by atoms with Gasteiger partial charge < -0.3 is 10.1 Å². The molecule has 0 aromatic rings. The molecule has 1 N–H and O–H groups in total. The van der Waals surface area contributed by atoms with Gasteiger partial charge in [0.25, 0.3) is 0 Å². The first kappa shape index (κ1) is 11.0. The summed E-state index contributed by atoms with van der Waals surface area (Å²) in [7, 11) is 1.85. The zero-order chi connectivity index (χ0) is 9.90. The third-order valence-corrected chi connectivity index (χ3v) is 3.26. The summed E-state index contributed by atoms with van der Waals surface area (Å²) in [6, 6.07) is 0.524. The highest BCUT2D eigenvalue weighted by Gasteiger charge is 2.45. The third kappa shape index (κ3) is 2.05. The molecule has 0 amide bonds. The van der Waals surface area contributed by atoms with Gasteiger partial charge in [-0.25, -0.2) is 0 Å². The zero-order valence-corrected chi connectivity index (χ0v) is 9.39. The summed E-state index contributed by atoms with van der Waals surface area (Å²) < 4.78 is 5.69. The summed E-state index contributed by atoms with van der Waals surface area (Å²) in [6.45, 7) is 7.74. The molecule has 1 rings (SSSR count). The first-order valence-electron chi connectivity index (χ1n) is 5.45. The van der Waals surface area contributed by atoms with Crippen molar-refractivity contribution in [1.82, 2.24) is 5.32 Å². The number of ether oxygens (including phenoxy) is 1. The van der Waals surface area contributed by atoms with Crippen molar-refractivity contribution in [3.63, 3.8) is 0 Å². The summed E-state index contributed by atoms with van der Waals surface area (Å²) in [6.07, 6.45) is 3.77. The van der Waals surface area contributed by atoms with Crippen LogP contribution in [0.5, 0.6) is 0 Å². The van der Waals surface area contributed by atoms with Gasteiger partial charge in [-0.1, -0.05) is 20.8 Å². The van der Waals surface area contributed by atoms with Crippen LogP contribution in [0, 0.1) is 5.92 Å². The van der Waals surface area contributed by atoms with Crippen LogP contribution in [-0.2, 0) is 4.74 Å². The van der Waals surface area contributed by atoms with Crippen LogP contribution in [0.1, 0.15) is 40.0 Å². The van der Waals surface area contributed by atoms with Crippen LogP contribution < -0.4 is 5.32 Å². The molecule has 0 radical (unpaired) electrons. The van der Waals surface area contributed by atoms with E-state index in [1.165, 1.54) is 19.3 Å². The minimum Gasteiger partial charge on any atom is -0.377 e. The van der Waals surface area contributed by atoms with Gasteiger partial charge in [-0.3, -0.25) is 0 Å². The second kappa shape index (κ2) is 4.43. The van der Waals surface area contributed by atoms with Crippen LogP contribution in [-0.4, -0.2) is 25.3 Å². The molecule has 2 nitrogen and oxygen atoms in total. The lowest BCUT2D eigenvalue weighted by Crippen LogP contribution is -2.58. The Kier molecular flexibility index (Phi) is 3.74. The van der Waals surface area contributed by atoms with E-state index in [2.05, 4.69) is 26.1 Å². The Labute approximate surface area is 82.0 Å². The van der Waals surface area contributed by atoms with Crippen molar-refractivity contribution in [1.29, 1.82) is 0 Å². The van der Waals surface area contributed by atoms with E-state index < -0.39 is 0 Å². The predicted octanol–water partition coefficient (Wildman–Crippen LogP) is 2.19. The minimum atomic E-state index is 0.143. The molecule has 0 bridgehead atoms. The quantitative estimate of drug-likeness (QED) is 0.709. The highest BCUT2D eigenvalue weighted by Crippen LogP contribution is 2.40. The Morgan fingerprint density at radius 3 is 2.23 bits per heavy atom. The molecule has 78 valence electrons. The van der Waals surface area contributed by atoms with E-state index in [9.17, 15) is 0 Å². The van der Waals surface area contributed by atoms with Gasteiger partial charge in [0.15, 0.2) is 0 Å². The first-order valence-corrected chi connectivity index (χ1v) is 5.45. The Bertz CT molecular complexity index is 147. The fourth-order valence-corrected chi connectivity index (χ4v) is 2.42. The standard InChI is InChI=1S/C11H23NO/c1-5-12-10(9(2)3)11(13-4)7-6-8-11/h9-10,12H,5-8H2,1-4H3. The summed E-state index contributed by atoms with van der Waals surface area (Å²) in [5.41, 5.74) is 0.143. The average molecular weight is 185 g/mol. The molecule has 0 spiro atoms. The molecule has 0 aromatic heterocycles. The van der Waals surface area contributed by atoms with Gasteiger partial charge >= 0.3 is 0 Å². The van der Waals surface area contributed by atoms with Gasteiger partial charge in [0.1, 0.15) is 0 Å². The van der Waals surface area contributed by atoms with Crippen molar-refractivity contribution in [2.75, 3.05) is 13.7 Å². The largest absolute Gasteiger partial charge is 0.377 e. The fourth-order valence-electron chi connectivity index (χ4n) is 2.42. The van der Waals surface area contributed by atoms with Crippen LogP contribution >= 0.6 is 0 Å². The lowest BCUT2D eigenvalue weighted by molar-refractivity contribution is -0.108. The number of likely N-dealkylation sites (N-methyl/N-ethyl adjacent to an activating group) is 1. The van der Waals surface area contributed by atoms with Gasteiger partial charge in [0.05, 0.1) is 5.60 Å². The van der Waals surface area contributed by atoms with Crippen molar-refractivity contribution in [3.8, 4) is 0 Å². The van der Waals surface area contributed by atoms with E-state index >= 15 is 0 Å². The van der Waals surface area contributed by atoms with E-state index in [1.54, 1.807) is 0 Å². The zero-order valence-electron chi connectivity index (χ0n) is 9.39. The van der Waals surface area contributed by atoms with E-state index in [-0.39, 0.29) is 5.60 Å². The Morgan fingerprint density at radius 2 is 2.00 bits per heavy atom. The van der Waals surface area contributed by atoms with Gasteiger partial charge in [-0.05, 0) is 31.7 Å². The second-order valence-corrected chi connectivity index (χ2v) is 4.40. The van der Waals surface area contributed by atoms with Gasteiger partial charge in [-0.2, -0.15) is 0 Å². The summed E-state index contributed by atoms with van der Waals surface area (Å²) in [5.74, 6) is 0.653. The molecule has 0 heterocycles. The van der Waals surface area contributed by atoms with Crippen molar-refractivity contribution < 1.29 is 4.74 Å². The number of hydrogen-bond acceptors (Lipinski definition) is 2. The van der Waals surface area contributed by atoms with E-state index in [4.69, 9.17) is 4.74 Å².